The first kappa shape index (κ1) is 22.4. The van der Waals surface area contributed by atoms with E-state index in [1.165, 1.54) is 0 Å². The number of esters is 1. The van der Waals surface area contributed by atoms with Crippen molar-refractivity contribution in [2.24, 2.45) is 11.8 Å². The molecule has 1 aromatic rings. The molecule has 0 unspecified atom stereocenters. The van der Waals surface area contributed by atoms with Crippen LogP contribution in [0.1, 0.15) is 18.4 Å². The summed E-state index contributed by atoms with van der Waals surface area (Å²) in [6.45, 7) is 0.913. The van der Waals surface area contributed by atoms with Crippen LogP contribution >= 0.6 is 47.8 Å². The van der Waals surface area contributed by atoms with Crippen LogP contribution in [-0.2, 0) is 23.9 Å². The number of nitrogens with zero attached hydrogens (tertiary/aromatic N) is 1. The fourth-order valence-corrected chi connectivity index (χ4v) is 5.04. The maximum Gasteiger partial charge on any atom is 0.326 e. The number of carbonyl (C=O) groups excluding carboxylic acids is 4. The van der Waals surface area contributed by atoms with Crippen LogP contribution < -0.4 is 5.32 Å². The second-order valence-corrected chi connectivity index (χ2v) is 10.4. The Labute approximate surface area is 193 Å². The first-order chi connectivity index (χ1) is 13.7. The van der Waals surface area contributed by atoms with Gasteiger partial charge in [-0.25, -0.2) is 0 Å². The van der Waals surface area contributed by atoms with Gasteiger partial charge in [-0.15, -0.1) is 0 Å². The molecule has 1 saturated carbocycles. The molecule has 156 valence electrons. The van der Waals surface area contributed by atoms with E-state index in [2.05, 4.69) is 53.1 Å². The van der Waals surface area contributed by atoms with E-state index >= 15 is 0 Å². The minimum absolute atomic E-state index is 0.0957. The lowest BCUT2D eigenvalue weighted by Crippen LogP contribution is -2.37. The number of fused-ring (bicyclic) bond motifs is 1. The Balaban J connectivity index is 1.51. The average Bonchev–Trinajstić information content (AvgIpc) is 2.88. The monoisotopic (exact) mass is 592 g/mol. The van der Waals surface area contributed by atoms with Crippen molar-refractivity contribution in [3.63, 3.8) is 0 Å². The smallest absolute Gasteiger partial charge is 0.326 e. The van der Waals surface area contributed by atoms with Gasteiger partial charge in [-0.1, -0.05) is 47.8 Å². The van der Waals surface area contributed by atoms with Gasteiger partial charge in [0.05, 0.1) is 11.8 Å². The highest BCUT2D eigenvalue weighted by atomic mass is 79.9. The second-order valence-electron chi connectivity index (χ2n) is 7.15. The highest BCUT2D eigenvalue weighted by Gasteiger charge is 2.52. The van der Waals surface area contributed by atoms with Crippen LogP contribution in [0.5, 0.6) is 0 Å². The normalized spacial score (nSPS) is 26.3. The van der Waals surface area contributed by atoms with E-state index in [4.69, 9.17) is 4.74 Å². The van der Waals surface area contributed by atoms with Crippen LogP contribution in [0.25, 0.3) is 0 Å². The van der Waals surface area contributed by atoms with E-state index < -0.39 is 36.9 Å². The van der Waals surface area contributed by atoms with Gasteiger partial charge in [0.1, 0.15) is 6.54 Å². The average molecular weight is 595 g/mol. The molecule has 1 aliphatic carbocycles. The fraction of sp³-hybridized carbons (Fsp3) is 0.474. The molecule has 1 N–H and O–H groups in total. The minimum atomic E-state index is -0.793. The number of hydrogen-bond acceptors (Lipinski definition) is 5. The standard InChI is InChI=1S/C19H19Br3N2O5/c1-9-4-10(2-3-13(9)20)23-16(25)8-29-17(26)7-24-18(27)11-5-14(21)15(22)6-12(11)19(24)28/h2-4,11-12,14-15H,5-8H2,1H3,(H,23,25)/t11-,12-,14+,15+/m1/s1. The summed E-state index contributed by atoms with van der Waals surface area (Å²) in [5, 5.41) is 2.63. The van der Waals surface area contributed by atoms with Crippen molar-refractivity contribution in [2.75, 3.05) is 18.5 Å². The molecule has 29 heavy (non-hydrogen) atoms. The van der Waals surface area contributed by atoms with Gasteiger partial charge in [0.25, 0.3) is 5.91 Å². The van der Waals surface area contributed by atoms with Gasteiger partial charge in [0.2, 0.25) is 11.8 Å². The van der Waals surface area contributed by atoms with Crippen molar-refractivity contribution >= 4 is 77.2 Å². The highest BCUT2D eigenvalue weighted by molar-refractivity contribution is 9.12. The molecule has 3 amide bonds. The second kappa shape index (κ2) is 9.26. The molecule has 7 nitrogen and oxygen atoms in total. The summed E-state index contributed by atoms with van der Waals surface area (Å²) in [5.41, 5.74) is 1.53. The molecular weight excluding hydrogens is 576 g/mol. The Morgan fingerprint density at radius 3 is 2.28 bits per heavy atom. The summed E-state index contributed by atoms with van der Waals surface area (Å²) in [6.07, 6.45) is 1.07. The fourth-order valence-electron chi connectivity index (χ4n) is 3.56. The highest BCUT2D eigenvalue weighted by Crippen LogP contribution is 2.43. The van der Waals surface area contributed by atoms with Crippen LogP contribution in [0.15, 0.2) is 22.7 Å². The van der Waals surface area contributed by atoms with Crippen LogP contribution in [-0.4, -0.2) is 51.4 Å². The first-order valence-electron chi connectivity index (χ1n) is 9.02. The number of rotatable bonds is 5. The topological polar surface area (TPSA) is 92.8 Å². The number of aryl methyl sites for hydroxylation is 1. The number of amides is 3. The Hall–Kier alpha value is -1.26. The number of anilines is 1. The van der Waals surface area contributed by atoms with Gasteiger partial charge in [0.15, 0.2) is 6.61 Å². The van der Waals surface area contributed by atoms with Gasteiger partial charge in [-0.2, -0.15) is 0 Å². The minimum Gasteiger partial charge on any atom is -0.454 e. The molecule has 10 heteroatoms. The lowest BCUT2D eigenvalue weighted by molar-refractivity contribution is -0.154. The van der Waals surface area contributed by atoms with Crippen LogP contribution in [0.4, 0.5) is 5.69 Å². The molecule has 0 radical (unpaired) electrons. The van der Waals surface area contributed by atoms with Crippen molar-refractivity contribution in [2.45, 2.75) is 29.4 Å². The quantitative estimate of drug-likeness (QED) is 0.321. The van der Waals surface area contributed by atoms with Gasteiger partial charge in [-0.3, -0.25) is 24.1 Å². The Morgan fingerprint density at radius 2 is 1.72 bits per heavy atom. The number of ether oxygens (including phenoxy) is 1. The molecule has 2 aliphatic rings. The summed E-state index contributed by atoms with van der Waals surface area (Å²) >= 11 is 10.4. The number of halogens is 3. The molecule has 1 aliphatic heterocycles. The SMILES string of the molecule is Cc1cc(NC(=O)COC(=O)CN2C(=O)[C@@H]3C[C@H](Br)[C@@H](Br)C[C@H]3C2=O)ccc1Br. The van der Waals surface area contributed by atoms with E-state index in [1.54, 1.807) is 18.2 Å². The lowest BCUT2D eigenvalue weighted by Gasteiger charge is -2.29. The zero-order valence-corrected chi connectivity index (χ0v) is 20.3. The Kier molecular flexibility index (Phi) is 7.16. The van der Waals surface area contributed by atoms with Gasteiger partial charge in [0, 0.05) is 19.8 Å². The summed E-state index contributed by atoms with van der Waals surface area (Å²) in [6, 6.07) is 5.30. The number of imide groups is 1. The third kappa shape index (κ3) is 5.08. The summed E-state index contributed by atoms with van der Waals surface area (Å²) in [4.78, 5) is 50.4. The number of nitrogens with one attached hydrogen (secondary N) is 1. The van der Waals surface area contributed by atoms with Crippen molar-refractivity contribution in [1.29, 1.82) is 0 Å². The molecule has 4 atom stereocenters. The van der Waals surface area contributed by atoms with Crippen molar-refractivity contribution in [1.82, 2.24) is 4.90 Å². The zero-order valence-electron chi connectivity index (χ0n) is 15.5. The summed E-state index contributed by atoms with van der Waals surface area (Å²) < 4.78 is 5.88. The maximum atomic E-state index is 12.6. The number of carbonyl (C=O) groups is 4. The van der Waals surface area contributed by atoms with E-state index in [0.29, 0.717) is 18.5 Å². The number of benzene rings is 1. The molecule has 0 bridgehead atoms. The molecule has 3 rings (SSSR count). The van der Waals surface area contributed by atoms with Gasteiger partial charge >= 0.3 is 5.97 Å². The number of hydrogen-bond donors (Lipinski definition) is 1. The zero-order chi connectivity index (χ0) is 21.3. The van der Waals surface area contributed by atoms with Crippen LogP contribution in [0.3, 0.4) is 0 Å². The number of alkyl halides is 2. The predicted octanol–water partition coefficient (Wildman–Crippen LogP) is 3.16. The largest absolute Gasteiger partial charge is 0.454 e. The van der Waals surface area contributed by atoms with E-state index in [0.717, 1.165) is 14.9 Å². The summed E-state index contributed by atoms with van der Waals surface area (Å²) in [5.74, 6) is -2.84. The van der Waals surface area contributed by atoms with Gasteiger partial charge in [-0.05, 0) is 43.5 Å². The molecule has 1 saturated heterocycles. The molecule has 1 aromatic carbocycles. The Bertz CT molecular complexity index is 834. The molecular formula is C19H19Br3N2O5. The Morgan fingerprint density at radius 1 is 1.14 bits per heavy atom. The van der Waals surface area contributed by atoms with Crippen LogP contribution in [0, 0.1) is 18.8 Å². The van der Waals surface area contributed by atoms with E-state index in [-0.39, 0.29) is 21.5 Å². The van der Waals surface area contributed by atoms with E-state index in [1.807, 2.05) is 6.92 Å². The van der Waals surface area contributed by atoms with E-state index in [9.17, 15) is 19.2 Å². The molecule has 0 aromatic heterocycles. The first-order valence-corrected chi connectivity index (χ1v) is 11.6. The van der Waals surface area contributed by atoms with Crippen molar-refractivity contribution in [3.05, 3.63) is 28.2 Å². The van der Waals surface area contributed by atoms with Crippen LogP contribution in [0.2, 0.25) is 0 Å². The molecule has 0 spiro atoms. The third-order valence-corrected chi connectivity index (χ3v) is 8.72. The molecule has 1 heterocycles. The van der Waals surface area contributed by atoms with Crippen molar-refractivity contribution < 1.29 is 23.9 Å². The van der Waals surface area contributed by atoms with Gasteiger partial charge < -0.3 is 10.1 Å². The number of likely N-dealkylation sites (tertiary alicyclic amines) is 1. The lowest BCUT2D eigenvalue weighted by atomic mass is 9.81. The maximum absolute atomic E-state index is 12.6. The van der Waals surface area contributed by atoms with Crippen molar-refractivity contribution in [3.8, 4) is 0 Å². The summed E-state index contributed by atoms with van der Waals surface area (Å²) in [7, 11) is 0. The third-order valence-electron chi connectivity index (χ3n) is 5.10. The molecule has 2 fully saturated rings. The predicted molar refractivity (Wildman–Crippen MR) is 117 cm³/mol.